The molecule has 1 aliphatic carbocycles. The summed E-state index contributed by atoms with van der Waals surface area (Å²) in [5.74, 6) is -0.137. The van der Waals surface area contributed by atoms with Crippen LogP contribution in [0.1, 0.15) is 38.8 Å². The van der Waals surface area contributed by atoms with Gasteiger partial charge in [-0.1, -0.05) is 48.5 Å². The van der Waals surface area contributed by atoms with E-state index >= 15 is 0 Å². The van der Waals surface area contributed by atoms with Crippen LogP contribution in [0, 0.1) is 0 Å². The van der Waals surface area contributed by atoms with E-state index in [9.17, 15) is 9.59 Å². The number of hydrogen-bond donors (Lipinski definition) is 1. The van der Waals surface area contributed by atoms with Gasteiger partial charge in [0.05, 0.1) is 0 Å². The van der Waals surface area contributed by atoms with Gasteiger partial charge in [0.2, 0.25) is 0 Å². The van der Waals surface area contributed by atoms with Crippen molar-refractivity contribution < 1.29 is 14.7 Å². The fourth-order valence-electron chi connectivity index (χ4n) is 2.79. The van der Waals surface area contributed by atoms with Crippen LogP contribution in [0.15, 0.2) is 60.7 Å². The van der Waals surface area contributed by atoms with E-state index in [0.717, 1.165) is 10.8 Å². The molecule has 0 aromatic heterocycles. The second-order valence-electron chi connectivity index (χ2n) is 5.27. The lowest BCUT2D eigenvalue weighted by molar-refractivity contribution is 0.0979. The smallest absolute Gasteiger partial charge is 0.194 e. The van der Waals surface area contributed by atoms with Gasteiger partial charge in [-0.25, -0.2) is 0 Å². The van der Waals surface area contributed by atoms with Crippen molar-refractivity contribution in [2.45, 2.75) is 6.92 Å². The zero-order chi connectivity index (χ0) is 16.4. The second kappa shape index (κ2) is 6.15. The highest BCUT2D eigenvalue weighted by molar-refractivity contribution is 6.29. The third-order valence-electron chi connectivity index (χ3n) is 3.79. The molecule has 0 fully saturated rings. The molecule has 0 aliphatic heterocycles. The third-order valence-corrected chi connectivity index (χ3v) is 3.79. The molecule has 0 saturated carbocycles. The highest BCUT2D eigenvalue weighted by Crippen LogP contribution is 2.30. The number of fused-ring (bicyclic) bond motifs is 3. The van der Waals surface area contributed by atoms with Crippen LogP contribution in [0.25, 0.3) is 10.8 Å². The Kier molecular flexibility index (Phi) is 4.04. The Morgan fingerprint density at radius 3 is 1.43 bits per heavy atom. The van der Waals surface area contributed by atoms with Crippen molar-refractivity contribution in [3.05, 3.63) is 82.9 Å². The van der Waals surface area contributed by atoms with Crippen LogP contribution >= 0.6 is 0 Å². The Balaban J connectivity index is 0.000000485. The quantitative estimate of drug-likeness (QED) is 0.540. The van der Waals surface area contributed by atoms with Crippen molar-refractivity contribution in [2.24, 2.45) is 0 Å². The topological polar surface area (TPSA) is 54.4 Å². The number of aliphatic hydroxyl groups is 1. The van der Waals surface area contributed by atoms with Crippen molar-refractivity contribution in [2.75, 3.05) is 6.61 Å². The molecule has 0 spiro atoms. The molecule has 114 valence electrons. The van der Waals surface area contributed by atoms with E-state index < -0.39 is 0 Å². The van der Waals surface area contributed by atoms with Crippen molar-refractivity contribution in [1.29, 1.82) is 0 Å². The standard InChI is InChI=1S/C18H10O2.C2H6O/c19-17-13-7-3-4-8-14(13)18(20)16-10-12-6-2-1-5-11(12)9-15(16)17;1-2-3/h1-10H;3H,2H2,1H3. The minimum atomic E-state index is -0.0686. The van der Waals surface area contributed by atoms with Crippen molar-refractivity contribution in [3.63, 3.8) is 0 Å². The van der Waals surface area contributed by atoms with Crippen LogP contribution in [-0.4, -0.2) is 23.3 Å². The molecule has 3 aromatic carbocycles. The van der Waals surface area contributed by atoms with Gasteiger partial charge in [0, 0.05) is 28.9 Å². The molecule has 0 amide bonds. The predicted octanol–water partition coefficient (Wildman–Crippen LogP) is 3.61. The molecular weight excluding hydrogens is 288 g/mol. The summed E-state index contributed by atoms with van der Waals surface area (Å²) in [5, 5.41) is 9.53. The maximum absolute atomic E-state index is 12.5. The molecule has 1 aliphatic rings. The summed E-state index contributed by atoms with van der Waals surface area (Å²) < 4.78 is 0. The summed E-state index contributed by atoms with van der Waals surface area (Å²) >= 11 is 0. The first-order valence-corrected chi connectivity index (χ1v) is 7.49. The first kappa shape index (κ1) is 15.1. The van der Waals surface area contributed by atoms with Gasteiger partial charge in [-0.15, -0.1) is 0 Å². The SMILES string of the molecule is CCO.O=C1c2ccccc2C(=O)c2cc3ccccc3cc21. The second-order valence-corrected chi connectivity index (χ2v) is 5.27. The molecule has 3 aromatic rings. The van der Waals surface area contributed by atoms with Crippen LogP contribution in [-0.2, 0) is 0 Å². The fraction of sp³-hybridized carbons (Fsp3) is 0.100. The van der Waals surface area contributed by atoms with E-state index in [4.69, 9.17) is 5.11 Å². The maximum Gasteiger partial charge on any atom is 0.194 e. The third kappa shape index (κ3) is 2.56. The first-order chi connectivity index (χ1) is 11.2. The summed E-state index contributed by atoms with van der Waals surface area (Å²) in [6, 6.07) is 18.4. The summed E-state index contributed by atoms with van der Waals surface area (Å²) in [4.78, 5) is 25.1. The molecular formula is C20H16O3. The minimum absolute atomic E-state index is 0.0686. The Labute approximate surface area is 134 Å². The molecule has 3 nitrogen and oxygen atoms in total. The first-order valence-electron chi connectivity index (χ1n) is 7.49. The van der Waals surface area contributed by atoms with E-state index in [1.807, 2.05) is 36.4 Å². The molecule has 0 saturated heterocycles. The Bertz CT molecular complexity index is 836. The fourth-order valence-corrected chi connectivity index (χ4v) is 2.79. The van der Waals surface area contributed by atoms with Crippen LogP contribution in [0.5, 0.6) is 0 Å². The van der Waals surface area contributed by atoms with Crippen LogP contribution in [0.3, 0.4) is 0 Å². The van der Waals surface area contributed by atoms with E-state index in [1.165, 1.54) is 0 Å². The zero-order valence-corrected chi connectivity index (χ0v) is 12.7. The average Bonchev–Trinajstić information content (AvgIpc) is 2.59. The van der Waals surface area contributed by atoms with E-state index in [1.54, 1.807) is 31.2 Å². The number of rotatable bonds is 0. The molecule has 0 heterocycles. The monoisotopic (exact) mass is 304 g/mol. The highest BCUT2D eigenvalue weighted by atomic mass is 16.2. The predicted molar refractivity (Wildman–Crippen MR) is 90.0 cm³/mol. The molecule has 0 unspecified atom stereocenters. The summed E-state index contributed by atoms with van der Waals surface area (Å²) in [6.07, 6.45) is 0. The van der Waals surface area contributed by atoms with Gasteiger partial charge in [0.1, 0.15) is 0 Å². The van der Waals surface area contributed by atoms with Crippen LogP contribution in [0.2, 0.25) is 0 Å². The summed E-state index contributed by atoms with van der Waals surface area (Å²) in [6.45, 7) is 1.93. The van der Waals surface area contributed by atoms with Gasteiger partial charge < -0.3 is 5.11 Å². The average molecular weight is 304 g/mol. The van der Waals surface area contributed by atoms with Gasteiger partial charge in [-0.3, -0.25) is 9.59 Å². The van der Waals surface area contributed by atoms with Gasteiger partial charge in [0.25, 0.3) is 0 Å². The lowest BCUT2D eigenvalue weighted by Crippen LogP contribution is -2.20. The molecule has 3 heteroatoms. The molecule has 0 bridgehead atoms. The Hall–Kier alpha value is -2.78. The van der Waals surface area contributed by atoms with Gasteiger partial charge in [-0.05, 0) is 29.8 Å². The molecule has 4 rings (SSSR count). The number of carbonyl (C=O) groups is 2. The van der Waals surface area contributed by atoms with E-state index in [-0.39, 0.29) is 18.2 Å². The molecule has 1 N–H and O–H groups in total. The van der Waals surface area contributed by atoms with Crippen molar-refractivity contribution >= 4 is 22.3 Å². The largest absolute Gasteiger partial charge is 0.397 e. The maximum atomic E-state index is 12.5. The van der Waals surface area contributed by atoms with E-state index in [0.29, 0.717) is 22.3 Å². The van der Waals surface area contributed by atoms with Gasteiger partial charge in [-0.2, -0.15) is 0 Å². The lowest BCUT2D eigenvalue weighted by atomic mass is 9.83. The van der Waals surface area contributed by atoms with Crippen molar-refractivity contribution in [1.82, 2.24) is 0 Å². The van der Waals surface area contributed by atoms with Gasteiger partial charge in [0.15, 0.2) is 11.6 Å². The molecule has 0 atom stereocenters. The zero-order valence-electron chi connectivity index (χ0n) is 12.7. The van der Waals surface area contributed by atoms with Crippen molar-refractivity contribution in [3.8, 4) is 0 Å². The van der Waals surface area contributed by atoms with Crippen LogP contribution in [0.4, 0.5) is 0 Å². The Morgan fingerprint density at radius 1 is 0.696 bits per heavy atom. The Morgan fingerprint density at radius 2 is 1.04 bits per heavy atom. The number of aliphatic hydroxyl groups excluding tert-OH is 1. The lowest BCUT2D eigenvalue weighted by Gasteiger charge is -2.17. The number of ketones is 2. The number of hydrogen-bond acceptors (Lipinski definition) is 3. The molecule has 23 heavy (non-hydrogen) atoms. The normalized spacial score (nSPS) is 12.3. The number of carbonyl (C=O) groups excluding carboxylic acids is 2. The summed E-state index contributed by atoms with van der Waals surface area (Å²) in [5.41, 5.74) is 2.01. The minimum Gasteiger partial charge on any atom is -0.397 e. The number of benzene rings is 3. The van der Waals surface area contributed by atoms with Gasteiger partial charge >= 0.3 is 0 Å². The van der Waals surface area contributed by atoms with Crippen LogP contribution < -0.4 is 0 Å². The molecule has 0 radical (unpaired) electrons. The van der Waals surface area contributed by atoms with E-state index in [2.05, 4.69) is 0 Å². The summed E-state index contributed by atoms with van der Waals surface area (Å²) in [7, 11) is 0. The highest BCUT2D eigenvalue weighted by Gasteiger charge is 2.29.